The highest BCUT2D eigenvalue weighted by molar-refractivity contribution is 5.62. The molecule has 114 valence electrons. The fourth-order valence-corrected chi connectivity index (χ4v) is 3.80. The monoisotopic (exact) mass is 294 g/mol. The molecule has 0 radical (unpaired) electrons. The highest BCUT2D eigenvalue weighted by Gasteiger charge is 2.36. The van der Waals surface area contributed by atoms with Crippen molar-refractivity contribution in [1.29, 1.82) is 0 Å². The van der Waals surface area contributed by atoms with Gasteiger partial charge in [-0.3, -0.25) is 4.90 Å². The first-order valence-electron chi connectivity index (χ1n) is 8.04. The van der Waals surface area contributed by atoms with Crippen molar-refractivity contribution in [3.05, 3.63) is 59.7 Å². The molecule has 2 heterocycles. The number of rotatable bonds is 3. The van der Waals surface area contributed by atoms with Crippen LogP contribution < -0.4 is 10.1 Å². The van der Waals surface area contributed by atoms with Crippen LogP contribution in [0.2, 0.25) is 0 Å². The Morgan fingerprint density at radius 2 is 2.05 bits per heavy atom. The highest BCUT2D eigenvalue weighted by atomic mass is 16.5. The van der Waals surface area contributed by atoms with Crippen LogP contribution in [0.3, 0.4) is 0 Å². The van der Waals surface area contributed by atoms with Crippen molar-refractivity contribution >= 4 is 5.69 Å². The Morgan fingerprint density at radius 3 is 2.86 bits per heavy atom. The Balaban J connectivity index is 1.53. The molecule has 2 unspecified atom stereocenters. The van der Waals surface area contributed by atoms with Gasteiger partial charge in [0.15, 0.2) is 0 Å². The molecule has 0 saturated carbocycles. The molecule has 0 spiro atoms. The van der Waals surface area contributed by atoms with Crippen LogP contribution in [0.15, 0.2) is 48.5 Å². The van der Waals surface area contributed by atoms with Crippen LogP contribution in [-0.2, 0) is 6.54 Å². The van der Waals surface area contributed by atoms with E-state index in [9.17, 15) is 0 Å². The zero-order valence-corrected chi connectivity index (χ0v) is 13.0. The third-order valence-electron chi connectivity index (χ3n) is 4.95. The summed E-state index contributed by atoms with van der Waals surface area (Å²) in [5.74, 6) is 1.53. The summed E-state index contributed by atoms with van der Waals surface area (Å²) in [6.07, 6.45) is 1.20. The van der Waals surface area contributed by atoms with E-state index in [1.807, 2.05) is 6.07 Å². The third kappa shape index (κ3) is 2.46. The van der Waals surface area contributed by atoms with Gasteiger partial charge in [-0.1, -0.05) is 30.3 Å². The number of benzene rings is 2. The van der Waals surface area contributed by atoms with Crippen molar-refractivity contribution in [2.45, 2.75) is 24.9 Å². The molecule has 3 heteroatoms. The largest absolute Gasteiger partial charge is 0.497 e. The first kappa shape index (κ1) is 13.6. The molecule has 2 aliphatic rings. The quantitative estimate of drug-likeness (QED) is 0.938. The zero-order valence-electron chi connectivity index (χ0n) is 13.0. The topological polar surface area (TPSA) is 24.5 Å². The number of fused-ring (bicyclic) bond motifs is 3. The molecule has 2 aromatic carbocycles. The van der Waals surface area contributed by atoms with Gasteiger partial charge in [0.05, 0.1) is 7.11 Å². The number of hydrogen-bond donors (Lipinski definition) is 1. The van der Waals surface area contributed by atoms with Crippen LogP contribution in [0.25, 0.3) is 0 Å². The number of methoxy groups -OCH3 is 1. The molecule has 0 aliphatic carbocycles. The van der Waals surface area contributed by atoms with Crippen molar-refractivity contribution in [3.63, 3.8) is 0 Å². The second-order valence-electron chi connectivity index (χ2n) is 6.32. The molecule has 1 N–H and O–H groups in total. The number of anilines is 1. The number of piperidine rings is 1. The van der Waals surface area contributed by atoms with Crippen molar-refractivity contribution in [3.8, 4) is 5.75 Å². The van der Waals surface area contributed by atoms with E-state index in [4.69, 9.17) is 4.74 Å². The first-order valence-corrected chi connectivity index (χ1v) is 8.04. The molecule has 22 heavy (non-hydrogen) atoms. The number of ether oxygens (including phenoxy) is 1. The molecule has 2 aliphatic heterocycles. The Labute approximate surface area is 131 Å². The van der Waals surface area contributed by atoms with Crippen molar-refractivity contribution in [2.24, 2.45) is 0 Å². The normalized spacial score (nSPS) is 23.5. The average Bonchev–Trinajstić information content (AvgIpc) is 2.93. The van der Waals surface area contributed by atoms with Crippen LogP contribution in [0.5, 0.6) is 5.75 Å². The molecular formula is C19H22N2O. The van der Waals surface area contributed by atoms with Gasteiger partial charge < -0.3 is 10.1 Å². The smallest absolute Gasteiger partial charge is 0.119 e. The molecule has 0 aromatic heterocycles. The van der Waals surface area contributed by atoms with Gasteiger partial charge in [0.1, 0.15) is 5.75 Å². The second kappa shape index (κ2) is 5.65. The van der Waals surface area contributed by atoms with E-state index in [1.165, 1.54) is 23.2 Å². The number of hydrogen-bond acceptors (Lipinski definition) is 3. The average molecular weight is 294 g/mol. The standard InChI is InChI=1S/C19H22N2O/c1-22-15-7-8-18-16(11-15)17-13-21(10-9-19(17)20-18)12-14-5-3-2-4-6-14/h2-8,11,17,19-20H,9-10,12-13H2,1H3. The molecule has 3 nitrogen and oxygen atoms in total. The lowest BCUT2D eigenvalue weighted by atomic mass is 9.89. The summed E-state index contributed by atoms with van der Waals surface area (Å²) in [6, 6.07) is 17.8. The van der Waals surface area contributed by atoms with E-state index in [0.29, 0.717) is 12.0 Å². The molecule has 1 saturated heterocycles. The fourth-order valence-electron chi connectivity index (χ4n) is 3.80. The number of nitrogens with one attached hydrogen (secondary N) is 1. The minimum Gasteiger partial charge on any atom is -0.497 e. The third-order valence-corrected chi connectivity index (χ3v) is 4.95. The predicted octanol–water partition coefficient (Wildman–Crippen LogP) is 3.48. The lowest BCUT2D eigenvalue weighted by molar-refractivity contribution is 0.194. The molecule has 2 atom stereocenters. The van der Waals surface area contributed by atoms with Gasteiger partial charge in [-0.15, -0.1) is 0 Å². The van der Waals surface area contributed by atoms with Crippen LogP contribution in [-0.4, -0.2) is 31.1 Å². The fraction of sp³-hybridized carbons (Fsp3) is 0.368. The van der Waals surface area contributed by atoms with Gasteiger partial charge in [0, 0.05) is 37.3 Å². The van der Waals surface area contributed by atoms with E-state index in [2.05, 4.69) is 52.7 Å². The maximum Gasteiger partial charge on any atom is 0.119 e. The predicted molar refractivity (Wildman–Crippen MR) is 89.5 cm³/mol. The van der Waals surface area contributed by atoms with Gasteiger partial charge >= 0.3 is 0 Å². The molecular weight excluding hydrogens is 272 g/mol. The van der Waals surface area contributed by atoms with Crippen molar-refractivity contribution in [2.75, 3.05) is 25.5 Å². The molecule has 4 rings (SSSR count). The van der Waals surface area contributed by atoms with Crippen molar-refractivity contribution in [1.82, 2.24) is 4.90 Å². The molecule has 0 amide bonds. The number of nitrogens with zero attached hydrogens (tertiary/aromatic N) is 1. The summed E-state index contributed by atoms with van der Waals surface area (Å²) in [5.41, 5.74) is 4.11. The van der Waals surface area contributed by atoms with Crippen LogP contribution in [0, 0.1) is 0 Å². The highest BCUT2D eigenvalue weighted by Crippen LogP contribution is 2.41. The Morgan fingerprint density at radius 1 is 1.18 bits per heavy atom. The Hall–Kier alpha value is -2.00. The van der Waals surface area contributed by atoms with E-state index in [0.717, 1.165) is 25.4 Å². The van der Waals surface area contributed by atoms with Gasteiger partial charge in [0.25, 0.3) is 0 Å². The zero-order chi connectivity index (χ0) is 14.9. The van der Waals surface area contributed by atoms with Gasteiger partial charge in [-0.25, -0.2) is 0 Å². The Kier molecular flexibility index (Phi) is 3.51. The van der Waals surface area contributed by atoms with Crippen LogP contribution >= 0.6 is 0 Å². The van der Waals surface area contributed by atoms with Gasteiger partial charge in [-0.05, 0) is 35.7 Å². The molecule has 2 aromatic rings. The van der Waals surface area contributed by atoms with Crippen LogP contribution in [0.1, 0.15) is 23.5 Å². The first-order chi connectivity index (χ1) is 10.8. The summed E-state index contributed by atoms with van der Waals surface area (Å²) in [4.78, 5) is 2.58. The van der Waals surface area contributed by atoms with E-state index >= 15 is 0 Å². The maximum absolute atomic E-state index is 5.40. The summed E-state index contributed by atoms with van der Waals surface area (Å²) >= 11 is 0. The van der Waals surface area contributed by atoms with E-state index < -0.39 is 0 Å². The maximum atomic E-state index is 5.40. The SMILES string of the molecule is COc1ccc2c(c1)C1CN(Cc3ccccc3)CCC1N2. The lowest BCUT2D eigenvalue weighted by Gasteiger charge is -2.35. The molecule has 1 fully saturated rings. The molecule has 0 bridgehead atoms. The summed E-state index contributed by atoms with van der Waals surface area (Å²) in [6.45, 7) is 3.32. The van der Waals surface area contributed by atoms with Gasteiger partial charge in [0.2, 0.25) is 0 Å². The van der Waals surface area contributed by atoms with Gasteiger partial charge in [-0.2, -0.15) is 0 Å². The summed E-state index contributed by atoms with van der Waals surface area (Å²) in [7, 11) is 1.74. The summed E-state index contributed by atoms with van der Waals surface area (Å²) in [5, 5.41) is 3.69. The van der Waals surface area contributed by atoms with E-state index in [-0.39, 0.29) is 0 Å². The second-order valence-corrected chi connectivity index (χ2v) is 6.32. The van der Waals surface area contributed by atoms with E-state index in [1.54, 1.807) is 7.11 Å². The van der Waals surface area contributed by atoms with Crippen molar-refractivity contribution < 1.29 is 4.74 Å². The van der Waals surface area contributed by atoms with Crippen LogP contribution in [0.4, 0.5) is 5.69 Å². The minimum absolute atomic E-state index is 0.572. The summed E-state index contributed by atoms with van der Waals surface area (Å²) < 4.78 is 5.40. The minimum atomic E-state index is 0.572. The Bertz CT molecular complexity index is 656. The lowest BCUT2D eigenvalue weighted by Crippen LogP contribution is -2.41. The number of likely N-dealkylation sites (tertiary alicyclic amines) is 1.